The smallest absolute Gasteiger partial charge is 0.404 e. The Morgan fingerprint density at radius 1 is 1.38 bits per heavy atom. The third-order valence-electron chi connectivity index (χ3n) is 4.79. The predicted molar refractivity (Wildman–Crippen MR) is 119 cm³/mol. The van der Waals surface area contributed by atoms with E-state index in [1.807, 2.05) is 6.07 Å². The minimum absolute atomic E-state index is 0.0289. The van der Waals surface area contributed by atoms with Crippen molar-refractivity contribution in [3.05, 3.63) is 51.3 Å². The van der Waals surface area contributed by atoms with Crippen LogP contribution in [-0.4, -0.2) is 37.3 Å². The van der Waals surface area contributed by atoms with E-state index in [2.05, 4.69) is 25.6 Å². The number of nitrogens with two attached hydrogens (primary N) is 1. The number of hydrogen-bond donors (Lipinski definition) is 4. The number of benzene rings is 1. The fraction of sp³-hybridized carbons (Fsp3) is 0.300. The highest BCUT2D eigenvalue weighted by Crippen LogP contribution is 2.24. The molecule has 1 unspecified atom stereocenters. The fourth-order valence-corrected chi connectivity index (χ4v) is 3.52. The summed E-state index contributed by atoms with van der Waals surface area (Å²) in [4.78, 5) is 36.7. The lowest BCUT2D eigenvalue weighted by molar-refractivity contribution is 0.192. The number of anilines is 2. The molecular formula is C20H21ClN8O3. The Labute approximate surface area is 187 Å². The molecule has 32 heavy (non-hydrogen) atoms. The van der Waals surface area contributed by atoms with Gasteiger partial charge in [-0.15, -0.1) is 0 Å². The average Bonchev–Trinajstić information content (AvgIpc) is 2.74. The molecule has 0 bridgehead atoms. The summed E-state index contributed by atoms with van der Waals surface area (Å²) in [6.07, 6.45) is 0.0791. The quantitative estimate of drug-likeness (QED) is 0.416. The van der Waals surface area contributed by atoms with Crippen molar-refractivity contribution in [2.45, 2.75) is 26.4 Å². The zero-order valence-electron chi connectivity index (χ0n) is 17.3. The van der Waals surface area contributed by atoms with Crippen LogP contribution in [0.2, 0.25) is 5.02 Å². The number of halogens is 1. The first-order valence-electron chi connectivity index (χ1n) is 9.65. The molecule has 0 saturated carbocycles. The molecule has 0 spiro atoms. The molecule has 166 valence electrons. The van der Waals surface area contributed by atoms with Crippen LogP contribution in [0.25, 0.3) is 10.9 Å². The lowest BCUT2D eigenvalue weighted by atomic mass is 10.1. The highest BCUT2D eigenvalue weighted by Gasteiger charge is 2.21. The summed E-state index contributed by atoms with van der Waals surface area (Å²) in [6, 6.07) is 6.38. The van der Waals surface area contributed by atoms with E-state index in [0.717, 1.165) is 0 Å². The maximum absolute atomic E-state index is 13.4. The standard InChI is InChI=1S/C20H21ClN8O3/c1-10(7-24-20(31)32)8-29-18(28-14-5-3-4-13(21)15(14)19(29)30)11(2)27-17-12(6-22)16(23)25-9-26-17/h3-5,9-11,24H,7-8H2,1-2H3,(H,31,32)(H3,23,25,26,27)/t10?,11-/m0/s1. The highest BCUT2D eigenvalue weighted by atomic mass is 35.5. The molecule has 3 aromatic rings. The van der Waals surface area contributed by atoms with Crippen molar-refractivity contribution >= 4 is 40.2 Å². The summed E-state index contributed by atoms with van der Waals surface area (Å²) < 4.78 is 1.46. The van der Waals surface area contributed by atoms with E-state index < -0.39 is 12.1 Å². The molecule has 12 heteroatoms. The number of hydrogen-bond acceptors (Lipinski definition) is 8. The number of amides is 1. The number of fused-ring (bicyclic) bond motifs is 1. The van der Waals surface area contributed by atoms with E-state index in [0.29, 0.717) is 11.3 Å². The lowest BCUT2D eigenvalue weighted by Crippen LogP contribution is -2.34. The Morgan fingerprint density at radius 2 is 2.12 bits per heavy atom. The van der Waals surface area contributed by atoms with Crippen molar-refractivity contribution in [2.75, 3.05) is 17.6 Å². The van der Waals surface area contributed by atoms with E-state index in [1.54, 1.807) is 32.0 Å². The van der Waals surface area contributed by atoms with E-state index in [4.69, 9.17) is 22.4 Å². The molecule has 0 aliphatic heterocycles. The molecule has 5 N–H and O–H groups in total. The summed E-state index contributed by atoms with van der Waals surface area (Å²) in [5, 5.41) is 24.2. The number of carbonyl (C=O) groups is 1. The van der Waals surface area contributed by atoms with Crippen LogP contribution in [0.1, 0.15) is 31.3 Å². The van der Waals surface area contributed by atoms with Crippen LogP contribution < -0.4 is 21.9 Å². The Hall–Kier alpha value is -3.91. The Bertz CT molecular complexity index is 1270. The number of nitrogens with zero attached hydrogens (tertiary/aromatic N) is 5. The van der Waals surface area contributed by atoms with Gasteiger partial charge in [0.25, 0.3) is 5.56 Å². The molecule has 1 aromatic carbocycles. The molecule has 0 aliphatic carbocycles. The molecule has 0 aliphatic rings. The van der Waals surface area contributed by atoms with Crippen molar-refractivity contribution in [2.24, 2.45) is 5.92 Å². The highest BCUT2D eigenvalue weighted by molar-refractivity contribution is 6.35. The summed E-state index contributed by atoms with van der Waals surface area (Å²) in [7, 11) is 0. The Balaban J connectivity index is 2.08. The first-order valence-corrected chi connectivity index (χ1v) is 10.0. The van der Waals surface area contributed by atoms with Gasteiger partial charge in [-0.3, -0.25) is 9.36 Å². The topological polar surface area (TPSA) is 172 Å². The number of nitrogen functional groups attached to an aromatic ring is 1. The number of rotatable bonds is 7. The normalized spacial score (nSPS) is 12.7. The second kappa shape index (κ2) is 9.49. The van der Waals surface area contributed by atoms with Gasteiger partial charge in [-0.05, 0) is 25.0 Å². The molecule has 0 fully saturated rings. The number of nitrogens with one attached hydrogen (secondary N) is 2. The summed E-state index contributed by atoms with van der Waals surface area (Å²) >= 11 is 6.27. The van der Waals surface area contributed by atoms with E-state index in [1.165, 1.54) is 10.9 Å². The van der Waals surface area contributed by atoms with Gasteiger partial charge in [0.15, 0.2) is 0 Å². The average molecular weight is 457 g/mol. The summed E-state index contributed by atoms with van der Waals surface area (Å²) in [5.74, 6) is 0.384. The molecular weight excluding hydrogens is 436 g/mol. The SMILES string of the molecule is CC(CNC(=O)O)Cn1c([C@H](C)Nc2ncnc(N)c2C#N)nc2cccc(Cl)c2c1=O. The second-order valence-corrected chi connectivity index (χ2v) is 7.68. The maximum Gasteiger partial charge on any atom is 0.404 e. The molecule has 2 heterocycles. The minimum Gasteiger partial charge on any atom is -0.465 e. The van der Waals surface area contributed by atoms with Gasteiger partial charge in [-0.1, -0.05) is 24.6 Å². The first kappa shape index (κ1) is 22.8. The van der Waals surface area contributed by atoms with Crippen molar-refractivity contribution < 1.29 is 9.90 Å². The van der Waals surface area contributed by atoms with Gasteiger partial charge in [0.2, 0.25) is 0 Å². The molecule has 3 rings (SSSR count). The molecule has 0 saturated heterocycles. The molecule has 11 nitrogen and oxygen atoms in total. The van der Waals surface area contributed by atoms with Gasteiger partial charge < -0.3 is 21.5 Å². The summed E-state index contributed by atoms with van der Waals surface area (Å²) in [6.45, 7) is 3.89. The van der Waals surface area contributed by atoms with E-state index in [9.17, 15) is 14.9 Å². The largest absolute Gasteiger partial charge is 0.465 e. The molecule has 2 atom stereocenters. The first-order chi connectivity index (χ1) is 15.2. The third-order valence-corrected chi connectivity index (χ3v) is 5.10. The Kier molecular flexibility index (Phi) is 6.75. The monoisotopic (exact) mass is 456 g/mol. The van der Waals surface area contributed by atoms with Gasteiger partial charge in [-0.25, -0.2) is 19.7 Å². The fourth-order valence-electron chi connectivity index (χ4n) is 3.27. The van der Waals surface area contributed by atoms with Crippen molar-refractivity contribution in [3.8, 4) is 6.07 Å². The van der Waals surface area contributed by atoms with Crippen molar-refractivity contribution in [1.29, 1.82) is 5.26 Å². The van der Waals surface area contributed by atoms with Crippen LogP contribution in [0, 0.1) is 17.2 Å². The second-order valence-electron chi connectivity index (χ2n) is 7.27. The van der Waals surface area contributed by atoms with Crippen LogP contribution >= 0.6 is 11.6 Å². The minimum atomic E-state index is -1.15. The summed E-state index contributed by atoms with van der Waals surface area (Å²) in [5.41, 5.74) is 5.91. The van der Waals surface area contributed by atoms with Crippen molar-refractivity contribution in [1.82, 2.24) is 24.8 Å². The molecule has 0 radical (unpaired) electrons. The van der Waals surface area contributed by atoms with Crippen LogP contribution in [0.15, 0.2) is 29.3 Å². The third kappa shape index (κ3) is 4.70. The van der Waals surface area contributed by atoms with Crippen LogP contribution in [0.5, 0.6) is 0 Å². The van der Waals surface area contributed by atoms with E-state index in [-0.39, 0.29) is 52.2 Å². The number of nitriles is 1. The maximum atomic E-state index is 13.4. The Morgan fingerprint density at radius 3 is 2.81 bits per heavy atom. The zero-order chi connectivity index (χ0) is 23.4. The predicted octanol–water partition coefficient (Wildman–Crippen LogP) is 2.37. The van der Waals surface area contributed by atoms with Gasteiger partial charge >= 0.3 is 6.09 Å². The molecule has 2 aromatic heterocycles. The van der Waals surface area contributed by atoms with Crippen LogP contribution in [-0.2, 0) is 6.54 Å². The van der Waals surface area contributed by atoms with E-state index >= 15 is 0 Å². The van der Waals surface area contributed by atoms with Crippen molar-refractivity contribution in [3.63, 3.8) is 0 Å². The van der Waals surface area contributed by atoms with Gasteiger partial charge in [0.05, 0.1) is 22.0 Å². The van der Waals surface area contributed by atoms with Gasteiger partial charge in [0, 0.05) is 13.1 Å². The van der Waals surface area contributed by atoms with Gasteiger partial charge in [-0.2, -0.15) is 5.26 Å². The van der Waals surface area contributed by atoms with Crippen LogP contribution in [0.4, 0.5) is 16.4 Å². The van der Waals surface area contributed by atoms with Gasteiger partial charge in [0.1, 0.15) is 35.4 Å². The zero-order valence-corrected chi connectivity index (χ0v) is 18.1. The number of carboxylic acid groups (broad SMARTS) is 1. The molecule has 1 amide bonds. The lowest BCUT2D eigenvalue weighted by Gasteiger charge is -2.22. The van der Waals surface area contributed by atoms with Crippen LogP contribution in [0.3, 0.4) is 0 Å². The number of aromatic nitrogens is 4.